The third-order valence-electron chi connectivity index (χ3n) is 1.50. The van der Waals surface area contributed by atoms with Crippen molar-refractivity contribution in [3.8, 4) is 0 Å². The molecule has 1 heterocycles. The number of nitrogens with one attached hydrogen (secondary N) is 2. The highest BCUT2D eigenvalue weighted by molar-refractivity contribution is 5.47. The maximum Gasteiger partial charge on any atom is 0.0627 e. The van der Waals surface area contributed by atoms with Gasteiger partial charge in [0.05, 0.1) is 11.4 Å². The summed E-state index contributed by atoms with van der Waals surface area (Å²) < 4.78 is 0. The highest BCUT2D eigenvalue weighted by Crippen LogP contribution is 2.16. The van der Waals surface area contributed by atoms with Crippen LogP contribution in [0.15, 0.2) is 48.4 Å². The van der Waals surface area contributed by atoms with Crippen LogP contribution in [-0.4, -0.2) is 0 Å². The molecule has 0 fully saturated rings. The van der Waals surface area contributed by atoms with Crippen molar-refractivity contribution in [1.82, 2.24) is 10.9 Å². The van der Waals surface area contributed by atoms with E-state index in [4.69, 9.17) is 0 Å². The van der Waals surface area contributed by atoms with Gasteiger partial charge in [0.2, 0.25) is 0 Å². The van der Waals surface area contributed by atoms with Crippen molar-refractivity contribution in [3.63, 3.8) is 0 Å². The molecule has 1 aliphatic rings. The molecule has 0 atom stereocenters. The topological polar surface area (TPSA) is 24.1 Å². The quantitative estimate of drug-likeness (QED) is 0.622. The molecule has 1 aliphatic heterocycles. The Hall–Kier alpha value is -1.44. The van der Waals surface area contributed by atoms with E-state index >= 15 is 0 Å². The van der Waals surface area contributed by atoms with E-state index in [1.54, 1.807) is 6.08 Å². The molecule has 0 aromatic rings. The molecule has 2 heteroatoms. The zero-order chi connectivity index (χ0) is 8.27. The van der Waals surface area contributed by atoms with E-state index in [2.05, 4.69) is 24.0 Å². The molecule has 2 nitrogen and oxygen atoms in total. The van der Waals surface area contributed by atoms with Gasteiger partial charge >= 0.3 is 0 Å². The zero-order valence-corrected chi connectivity index (χ0v) is 6.65. The Morgan fingerprint density at radius 1 is 1.36 bits per heavy atom. The Labute approximate surface area is 67.0 Å². The molecule has 0 unspecified atom stereocenters. The average Bonchev–Trinajstić information content (AvgIpc) is 2.34. The van der Waals surface area contributed by atoms with E-state index in [1.807, 2.05) is 19.1 Å². The molecular formula is C9H12N2. The molecule has 0 spiro atoms. The lowest BCUT2D eigenvalue weighted by Crippen LogP contribution is -2.21. The van der Waals surface area contributed by atoms with Crippen molar-refractivity contribution in [2.45, 2.75) is 6.92 Å². The molecule has 0 bridgehead atoms. The van der Waals surface area contributed by atoms with Gasteiger partial charge in [0, 0.05) is 5.57 Å². The summed E-state index contributed by atoms with van der Waals surface area (Å²) >= 11 is 0. The molecule has 2 N–H and O–H groups in total. The van der Waals surface area contributed by atoms with E-state index in [-0.39, 0.29) is 0 Å². The Kier molecular flexibility index (Phi) is 2.16. The summed E-state index contributed by atoms with van der Waals surface area (Å²) in [6.45, 7) is 9.47. The zero-order valence-electron chi connectivity index (χ0n) is 6.65. The third-order valence-corrected chi connectivity index (χ3v) is 1.50. The highest BCUT2D eigenvalue weighted by atomic mass is 15.4. The SMILES string of the molecule is C=CC1=C(/C=C\C)C(=C)NN1. The van der Waals surface area contributed by atoms with Gasteiger partial charge in [-0.25, -0.2) is 0 Å². The van der Waals surface area contributed by atoms with Gasteiger partial charge in [-0.05, 0) is 13.0 Å². The molecule has 11 heavy (non-hydrogen) atoms. The summed E-state index contributed by atoms with van der Waals surface area (Å²) in [5.41, 5.74) is 8.80. The van der Waals surface area contributed by atoms with Crippen LogP contribution in [0, 0.1) is 0 Å². The van der Waals surface area contributed by atoms with Gasteiger partial charge in [-0.3, -0.25) is 0 Å². The van der Waals surface area contributed by atoms with Crippen LogP contribution in [0.25, 0.3) is 0 Å². The van der Waals surface area contributed by atoms with Crippen LogP contribution in [0.2, 0.25) is 0 Å². The minimum absolute atomic E-state index is 0.887. The fourth-order valence-electron chi connectivity index (χ4n) is 0.958. The average molecular weight is 148 g/mol. The van der Waals surface area contributed by atoms with E-state index in [9.17, 15) is 0 Å². The second kappa shape index (κ2) is 3.10. The van der Waals surface area contributed by atoms with E-state index in [1.165, 1.54) is 0 Å². The number of rotatable bonds is 2. The largest absolute Gasteiger partial charge is 0.301 e. The molecule has 0 aromatic carbocycles. The monoisotopic (exact) mass is 148 g/mol. The van der Waals surface area contributed by atoms with Crippen LogP contribution in [0.4, 0.5) is 0 Å². The molecule has 0 aromatic heterocycles. The summed E-state index contributed by atoms with van der Waals surface area (Å²) in [5, 5.41) is 0. The van der Waals surface area contributed by atoms with Gasteiger partial charge in [0.15, 0.2) is 0 Å². The van der Waals surface area contributed by atoms with E-state index < -0.39 is 0 Å². The Morgan fingerprint density at radius 3 is 2.64 bits per heavy atom. The van der Waals surface area contributed by atoms with E-state index in [0.717, 1.165) is 17.0 Å². The van der Waals surface area contributed by atoms with Crippen molar-refractivity contribution < 1.29 is 0 Å². The van der Waals surface area contributed by atoms with Crippen molar-refractivity contribution in [3.05, 3.63) is 48.4 Å². The first-order valence-corrected chi connectivity index (χ1v) is 3.50. The van der Waals surface area contributed by atoms with Crippen LogP contribution in [-0.2, 0) is 0 Å². The van der Waals surface area contributed by atoms with Gasteiger partial charge in [0.1, 0.15) is 0 Å². The summed E-state index contributed by atoms with van der Waals surface area (Å²) in [6.07, 6.45) is 5.73. The van der Waals surface area contributed by atoms with Crippen molar-refractivity contribution in [2.24, 2.45) is 0 Å². The van der Waals surface area contributed by atoms with Crippen LogP contribution in [0.5, 0.6) is 0 Å². The number of allylic oxidation sites excluding steroid dienone is 3. The number of hydrogen-bond acceptors (Lipinski definition) is 2. The molecule has 0 aliphatic carbocycles. The second-order valence-electron chi connectivity index (χ2n) is 2.26. The predicted octanol–water partition coefficient (Wildman–Crippen LogP) is 1.62. The lowest BCUT2D eigenvalue weighted by Gasteiger charge is -1.95. The first-order valence-electron chi connectivity index (χ1n) is 3.50. The fraction of sp³-hybridized carbons (Fsp3) is 0.111. The number of hydrazine groups is 1. The fourth-order valence-corrected chi connectivity index (χ4v) is 0.958. The van der Waals surface area contributed by atoms with Crippen LogP contribution >= 0.6 is 0 Å². The van der Waals surface area contributed by atoms with E-state index in [0.29, 0.717) is 0 Å². The maximum absolute atomic E-state index is 3.82. The lowest BCUT2D eigenvalue weighted by atomic mass is 10.1. The first-order chi connectivity index (χ1) is 5.29. The van der Waals surface area contributed by atoms with Crippen LogP contribution in [0.3, 0.4) is 0 Å². The Bertz CT molecular complexity index is 246. The third kappa shape index (κ3) is 1.34. The van der Waals surface area contributed by atoms with Gasteiger partial charge in [-0.1, -0.05) is 25.3 Å². The smallest absolute Gasteiger partial charge is 0.0627 e. The normalized spacial score (nSPS) is 17.0. The summed E-state index contributed by atoms with van der Waals surface area (Å²) in [6, 6.07) is 0. The predicted molar refractivity (Wildman–Crippen MR) is 47.4 cm³/mol. The first kappa shape index (κ1) is 7.66. The minimum Gasteiger partial charge on any atom is -0.301 e. The molecule has 0 saturated carbocycles. The number of hydrogen-bond donors (Lipinski definition) is 2. The maximum atomic E-state index is 3.82. The van der Waals surface area contributed by atoms with Crippen molar-refractivity contribution >= 4 is 0 Å². The van der Waals surface area contributed by atoms with Gasteiger partial charge in [-0.15, -0.1) is 0 Å². The lowest BCUT2D eigenvalue weighted by molar-refractivity contribution is 0.765. The standard InChI is InChI=1S/C9H12N2/c1-4-6-8-7(3)10-11-9(8)5-2/h4-6,10-11H,2-3H2,1H3/b6-4-. The molecule has 58 valence electrons. The van der Waals surface area contributed by atoms with Crippen LogP contribution < -0.4 is 10.9 Å². The summed E-state index contributed by atoms with van der Waals surface area (Å²) in [7, 11) is 0. The molecule has 0 radical (unpaired) electrons. The highest BCUT2D eigenvalue weighted by Gasteiger charge is 2.10. The van der Waals surface area contributed by atoms with Gasteiger partial charge in [-0.2, -0.15) is 0 Å². The second-order valence-corrected chi connectivity index (χ2v) is 2.26. The molecule has 1 rings (SSSR count). The molecular weight excluding hydrogens is 136 g/mol. The molecule has 0 saturated heterocycles. The van der Waals surface area contributed by atoms with Crippen LogP contribution in [0.1, 0.15) is 6.92 Å². The van der Waals surface area contributed by atoms with Crippen molar-refractivity contribution in [2.75, 3.05) is 0 Å². The Balaban J connectivity index is 2.98. The summed E-state index contributed by atoms with van der Waals surface area (Å²) in [4.78, 5) is 0. The van der Waals surface area contributed by atoms with Gasteiger partial charge in [0.25, 0.3) is 0 Å². The Morgan fingerprint density at radius 2 is 2.09 bits per heavy atom. The van der Waals surface area contributed by atoms with Crippen molar-refractivity contribution in [1.29, 1.82) is 0 Å². The molecule has 0 amide bonds. The summed E-state index contributed by atoms with van der Waals surface area (Å²) in [5.74, 6) is 0. The van der Waals surface area contributed by atoms with Gasteiger partial charge < -0.3 is 10.9 Å². The minimum atomic E-state index is 0.887.